The van der Waals surface area contributed by atoms with E-state index in [9.17, 15) is 4.79 Å². The summed E-state index contributed by atoms with van der Waals surface area (Å²) < 4.78 is 0. The van der Waals surface area contributed by atoms with Gasteiger partial charge in [0.1, 0.15) is 0 Å². The Morgan fingerprint density at radius 2 is 2.31 bits per heavy atom. The zero-order valence-electron chi connectivity index (χ0n) is 7.66. The van der Waals surface area contributed by atoms with Gasteiger partial charge in [-0.25, -0.2) is 0 Å². The minimum atomic E-state index is 0.0659. The van der Waals surface area contributed by atoms with E-state index in [0.717, 1.165) is 6.42 Å². The number of allylic oxidation sites excluding steroid dienone is 4. The molecule has 1 amide bonds. The fourth-order valence-electron chi connectivity index (χ4n) is 1.70. The van der Waals surface area contributed by atoms with E-state index in [2.05, 4.69) is 30.5 Å². The maximum atomic E-state index is 11.2. The van der Waals surface area contributed by atoms with Crippen LogP contribution in [0.2, 0.25) is 0 Å². The van der Waals surface area contributed by atoms with Gasteiger partial charge in [-0.15, -0.1) is 0 Å². The number of fused-ring (bicyclic) bond motifs is 1. The number of carbonyl (C=O) groups is 1. The smallest absolute Gasteiger partial charge is 0.229 e. The van der Waals surface area contributed by atoms with Gasteiger partial charge in [0.25, 0.3) is 0 Å². The summed E-state index contributed by atoms with van der Waals surface area (Å²) >= 11 is 0. The zero-order valence-corrected chi connectivity index (χ0v) is 7.66. The van der Waals surface area contributed by atoms with Crippen LogP contribution in [0.25, 0.3) is 0 Å². The monoisotopic (exact) mass is 175 g/mol. The molecule has 0 radical (unpaired) electrons. The number of amides is 1. The molecular weight excluding hydrogens is 162 g/mol. The Labute approximate surface area is 78.0 Å². The van der Waals surface area contributed by atoms with Crippen molar-refractivity contribution in [3.63, 3.8) is 0 Å². The summed E-state index contributed by atoms with van der Waals surface area (Å²) in [7, 11) is 0. The normalized spacial score (nSPS) is 40.7. The second-order valence-electron chi connectivity index (χ2n) is 3.51. The molecule has 1 heterocycles. The van der Waals surface area contributed by atoms with Gasteiger partial charge in [0.05, 0.1) is 12.0 Å². The SMILES string of the molecule is C/C1=C/C=C\C/C=C\[C@@H]2C(=O)NC12. The van der Waals surface area contributed by atoms with Crippen LogP contribution in [-0.4, -0.2) is 11.9 Å². The van der Waals surface area contributed by atoms with Crippen molar-refractivity contribution in [1.29, 1.82) is 0 Å². The van der Waals surface area contributed by atoms with Gasteiger partial charge in [-0.05, 0) is 13.3 Å². The first kappa shape index (κ1) is 8.30. The van der Waals surface area contributed by atoms with Crippen LogP contribution in [0.3, 0.4) is 0 Å². The van der Waals surface area contributed by atoms with Gasteiger partial charge in [-0.2, -0.15) is 0 Å². The summed E-state index contributed by atoms with van der Waals surface area (Å²) in [6, 6.07) is 0.228. The van der Waals surface area contributed by atoms with Crippen LogP contribution in [0.1, 0.15) is 13.3 Å². The molecule has 1 fully saturated rings. The second-order valence-corrected chi connectivity index (χ2v) is 3.51. The highest BCUT2D eigenvalue weighted by Crippen LogP contribution is 2.24. The van der Waals surface area contributed by atoms with Crippen molar-refractivity contribution in [2.75, 3.05) is 0 Å². The summed E-state index contributed by atoms with van der Waals surface area (Å²) in [5.74, 6) is 0.215. The van der Waals surface area contributed by atoms with Crippen molar-refractivity contribution < 1.29 is 4.79 Å². The molecule has 1 unspecified atom stereocenters. The van der Waals surface area contributed by atoms with Gasteiger partial charge in [-0.1, -0.05) is 36.0 Å². The van der Waals surface area contributed by atoms with Crippen molar-refractivity contribution >= 4 is 5.91 Å². The molecule has 0 aromatic rings. The Morgan fingerprint density at radius 1 is 1.46 bits per heavy atom. The van der Waals surface area contributed by atoms with Crippen LogP contribution in [0, 0.1) is 5.92 Å². The van der Waals surface area contributed by atoms with Gasteiger partial charge >= 0.3 is 0 Å². The molecule has 2 rings (SSSR count). The number of rotatable bonds is 0. The quantitative estimate of drug-likeness (QED) is 0.439. The number of β-lactam (4-membered cyclic amide) rings is 1. The van der Waals surface area contributed by atoms with E-state index >= 15 is 0 Å². The van der Waals surface area contributed by atoms with Crippen molar-refractivity contribution in [3.05, 3.63) is 36.0 Å². The Bertz CT molecular complexity index is 312. The molecule has 1 aliphatic heterocycles. The van der Waals surface area contributed by atoms with Crippen LogP contribution in [0.4, 0.5) is 0 Å². The van der Waals surface area contributed by atoms with Gasteiger partial charge < -0.3 is 5.32 Å². The van der Waals surface area contributed by atoms with Gasteiger partial charge in [0.2, 0.25) is 5.91 Å². The molecule has 0 saturated carbocycles. The molecule has 0 aromatic carbocycles. The summed E-state index contributed by atoms with van der Waals surface area (Å²) in [6.07, 6.45) is 11.2. The highest BCUT2D eigenvalue weighted by atomic mass is 16.2. The third-order valence-electron chi connectivity index (χ3n) is 2.56. The first-order valence-electron chi connectivity index (χ1n) is 4.59. The third kappa shape index (κ3) is 1.44. The van der Waals surface area contributed by atoms with Crippen LogP contribution < -0.4 is 5.32 Å². The van der Waals surface area contributed by atoms with Crippen molar-refractivity contribution in [2.45, 2.75) is 19.4 Å². The number of carbonyl (C=O) groups excluding carboxylic acids is 1. The van der Waals surface area contributed by atoms with Crippen LogP contribution in [0.5, 0.6) is 0 Å². The fraction of sp³-hybridized carbons (Fsp3) is 0.364. The standard InChI is InChI=1S/C11H13NO/c1-8-6-4-2-3-5-7-9-10(8)12-11(9)13/h2,4-7,9-10H,3H2,1H3,(H,12,13)/b4-2-,7-5-,8-6-/t9-,10?/m0/s1. The number of hydrogen-bond acceptors (Lipinski definition) is 1. The summed E-state index contributed by atoms with van der Waals surface area (Å²) in [4.78, 5) is 11.2. The van der Waals surface area contributed by atoms with Gasteiger partial charge in [0.15, 0.2) is 0 Å². The molecule has 2 heteroatoms. The van der Waals surface area contributed by atoms with Crippen LogP contribution >= 0.6 is 0 Å². The zero-order chi connectivity index (χ0) is 9.26. The number of hydrogen-bond donors (Lipinski definition) is 1. The first-order chi connectivity index (χ1) is 6.29. The van der Waals surface area contributed by atoms with E-state index in [1.165, 1.54) is 5.57 Å². The molecular formula is C11H13NO. The lowest BCUT2D eigenvalue weighted by Crippen LogP contribution is -2.57. The minimum Gasteiger partial charge on any atom is -0.348 e. The van der Waals surface area contributed by atoms with E-state index in [-0.39, 0.29) is 17.9 Å². The lowest BCUT2D eigenvalue weighted by Gasteiger charge is -2.35. The van der Waals surface area contributed by atoms with Crippen LogP contribution in [-0.2, 0) is 4.79 Å². The molecule has 0 aromatic heterocycles. The summed E-state index contributed by atoms with van der Waals surface area (Å²) in [5, 5.41) is 2.90. The molecule has 1 N–H and O–H groups in total. The highest BCUT2D eigenvalue weighted by molar-refractivity contribution is 5.88. The largest absolute Gasteiger partial charge is 0.348 e. The average Bonchev–Trinajstić information content (AvgIpc) is 2.17. The van der Waals surface area contributed by atoms with E-state index in [4.69, 9.17) is 0 Å². The third-order valence-corrected chi connectivity index (χ3v) is 2.56. The Morgan fingerprint density at radius 3 is 3.08 bits per heavy atom. The maximum absolute atomic E-state index is 11.2. The first-order valence-corrected chi connectivity index (χ1v) is 4.59. The van der Waals surface area contributed by atoms with E-state index < -0.39 is 0 Å². The lowest BCUT2D eigenvalue weighted by molar-refractivity contribution is -0.131. The highest BCUT2D eigenvalue weighted by Gasteiger charge is 2.37. The molecule has 1 aliphatic carbocycles. The molecule has 0 bridgehead atoms. The maximum Gasteiger partial charge on any atom is 0.229 e. The second kappa shape index (κ2) is 3.21. The Balaban J connectivity index is 2.24. The summed E-state index contributed by atoms with van der Waals surface area (Å²) in [6.45, 7) is 2.06. The fourth-order valence-corrected chi connectivity index (χ4v) is 1.70. The number of nitrogens with one attached hydrogen (secondary N) is 1. The van der Waals surface area contributed by atoms with E-state index in [0.29, 0.717) is 0 Å². The van der Waals surface area contributed by atoms with Gasteiger partial charge in [-0.3, -0.25) is 4.79 Å². The summed E-state index contributed by atoms with van der Waals surface area (Å²) in [5.41, 5.74) is 1.23. The lowest BCUT2D eigenvalue weighted by atomic mass is 9.85. The topological polar surface area (TPSA) is 29.1 Å². The van der Waals surface area contributed by atoms with E-state index in [1.807, 2.05) is 12.2 Å². The molecule has 68 valence electrons. The molecule has 2 aliphatic rings. The molecule has 0 spiro atoms. The minimum absolute atomic E-state index is 0.0659. The van der Waals surface area contributed by atoms with E-state index in [1.54, 1.807) is 0 Å². The predicted molar refractivity (Wildman–Crippen MR) is 52.1 cm³/mol. The van der Waals surface area contributed by atoms with Crippen molar-refractivity contribution in [3.8, 4) is 0 Å². The Hall–Kier alpha value is -1.31. The van der Waals surface area contributed by atoms with Gasteiger partial charge in [0, 0.05) is 0 Å². The van der Waals surface area contributed by atoms with Crippen LogP contribution in [0.15, 0.2) is 36.0 Å². The predicted octanol–water partition coefficient (Wildman–Crippen LogP) is 1.56. The molecule has 2 atom stereocenters. The average molecular weight is 175 g/mol. The van der Waals surface area contributed by atoms with Crippen molar-refractivity contribution in [2.24, 2.45) is 5.92 Å². The van der Waals surface area contributed by atoms with Crippen molar-refractivity contribution in [1.82, 2.24) is 5.32 Å². The molecule has 1 saturated heterocycles. The Kier molecular flexibility index (Phi) is 2.05. The molecule has 2 nitrogen and oxygen atoms in total. The molecule has 13 heavy (non-hydrogen) atoms.